The SMILES string of the molecule is Cl.NCC[C@H](N)c1ccc(N2CCCC2)cc1. The van der Waals surface area contributed by atoms with Crippen LogP contribution in [0.15, 0.2) is 24.3 Å². The number of rotatable bonds is 4. The number of anilines is 1. The van der Waals surface area contributed by atoms with Crippen molar-refractivity contribution in [1.29, 1.82) is 0 Å². The quantitative estimate of drug-likeness (QED) is 0.866. The molecule has 1 atom stereocenters. The van der Waals surface area contributed by atoms with Crippen LogP contribution in [0.2, 0.25) is 0 Å². The van der Waals surface area contributed by atoms with Gasteiger partial charge in [-0.2, -0.15) is 0 Å². The molecular weight excluding hydrogens is 234 g/mol. The lowest BCUT2D eigenvalue weighted by molar-refractivity contribution is 0.661. The minimum absolute atomic E-state index is 0. The van der Waals surface area contributed by atoms with Crippen LogP contribution in [0.25, 0.3) is 0 Å². The fourth-order valence-corrected chi connectivity index (χ4v) is 2.25. The molecule has 0 aliphatic carbocycles. The summed E-state index contributed by atoms with van der Waals surface area (Å²) >= 11 is 0. The Labute approximate surface area is 110 Å². The van der Waals surface area contributed by atoms with Gasteiger partial charge in [-0.3, -0.25) is 0 Å². The number of hydrogen-bond donors (Lipinski definition) is 2. The smallest absolute Gasteiger partial charge is 0.0366 e. The van der Waals surface area contributed by atoms with Crippen LogP contribution in [0.1, 0.15) is 30.9 Å². The van der Waals surface area contributed by atoms with Gasteiger partial charge in [0, 0.05) is 24.8 Å². The Hall–Kier alpha value is -0.770. The van der Waals surface area contributed by atoms with Crippen LogP contribution in [0.4, 0.5) is 5.69 Å². The Kier molecular flexibility index (Phi) is 5.75. The molecule has 4 heteroatoms. The van der Waals surface area contributed by atoms with Crippen molar-refractivity contribution in [3.63, 3.8) is 0 Å². The maximum absolute atomic E-state index is 6.02. The van der Waals surface area contributed by atoms with E-state index in [0.717, 1.165) is 6.42 Å². The maximum atomic E-state index is 6.02. The number of nitrogens with two attached hydrogens (primary N) is 2. The van der Waals surface area contributed by atoms with E-state index in [9.17, 15) is 0 Å². The van der Waals surface area contributed by atoms with Crippen LogP contribution < -0.4 is 16.4 Å². The average molecular weight is 256 g/mol. The molecular formula is C13H22ClN3. The maximum Gasteiger partial charge on any atom is 0.0366 e. The largest absolute Gasteiger partial charge is 0.372 e. The molecule has 3 nitrogen and oxygen atoms in total. The molecule has 1 heterocycles. The van der Waals surface area contributed by atoms with Crippen LogP contribution >= 0.6 is 12.4 Å². The fourth-order valence-electron chi connectivity index (χ4n) is 2.25. The zero-order valence-electron chi connectivity index (χ0n) is 10.1. The zero-order chi connectivity index (χ0) is 11.4. The van der Waals surface area contributed by atoms with Gasteiger partial charge in [-0.15, -0.1) is 12.4 Å². The van der Waals surface area contributed by atoms with Gasteiger partial charge in [0.15, 0.2) is 0 Å². The predicted octanol–water partition coefficient (Wildman–Crippen LogP) is 2.06. The first-order valence-electron chi connectivity index (χ1n) is 6.12. The molecule has 0 spiro atoms. The van der Waals surface area contributed by atoms with Crippen molar-refractivity contribution in [1.82, 2.24) is 0 Å². The van der Waals surface area contributed by atoms with Crippen molar-refractivity contribution in [2.24, 2.45) is 11.5 Å². The standard InChI is InChI=1S/C13H21N3.ClH/c14-8-7-13(15)11-3-5-12(6-4-11)16-9-1-2-10-16;/h3-6,13H,1-2,7-10,14-15H2;1H/t13-;/m0./s1. The van der Waals surface area contributed by atoms with Gasteiger partial charge in [-0.1, -0.05) is 12.1 Å². The van der Waals surface area contributed by atoms with E-state index < -0.39 is 0 Å². The second-order valence-electron chi connectivity index (χ2n) is 4.47. The summed E-state index contributed by atoms with van der Waals surface area (Å²) in [5, 5.41) is 0. The molecule has 0 aromatic heterocycles. The Bertz CT molecular complexity index is 320. The van der Waals surface area contributed by atoms with E-state index >= 15 is 0 Å². The lowest BCUT2D eigenvalue weighted by Gasteiger charge is -2.18. The second kappa shape index (κ2) is 6.84. The summed E-state index contributed by atoms with van der Waals surface area (Å²) in [4.78, 5) is 2.43. The third-order valence-corrected chi connectivity index (χ3v) is 3.27. The molecule has 0 amide bonds. The topological polar surface area (TPSA) is 55.3 Å². The minimum atomic E-state index is 0. The van der Waals surface area contributed by atoms with E-state index in [1.165, 1.54) is 37.2 Å². The average Bonchev–Trinajstić information content (AvgIpc) is 2.83. The zero-order valence-corrected chi connectivity index (χ0v) is 11.0. The summed E-state index contributed by atoms with van der Waals surface area (Å²) in [5.74, 6) is 0. The van der Waals surface area contributed by atoms with Gasteiger partial charge < -0.3 is 16.4 Å². The van der Waals surface area contributed by atoms with Gasteiger partial charge >= 0.3 is 0 Å². The summed E-state index contributed by atoms with van der Waals surface area (Å²) in [7, 11) is 0. The van der Waals surface area contributed by atoms with Gasteiger partial charge in [-0.05, 0) is 43.5 Å². The highest BCUT2D eigenvalue weighted by atomic mass is 35.5. The Balaban J connectivity index is 0.00000144. The summed E-state index contributed by atoms with van der Waals surface area (Å²) in [6.07, 6.45) is 3.48. The van der Waals surface area contributed by atoms with Crippen LogP contribution in [0.3, 0.4) is 0 Å². The monoisotopic (exact) mass is 255 g/mol. The molecule has 0 radical (unpaired) electrons. The third kappa shape index (κ3) is 3.60. The number of benzene rings is 1. The van der Waals surface area contributed by atoms with Gasteiger partial charge in [0.1, 0.15) is 0 Å². The molecule has 96 valence electrons. The third-order valence-electron chi connectivity index (χ3n) is 3.27. The van der Waals surface area contributed by atoms with Crippen LogP contribution in [-0.4, -0.2) is 19.6 Å². The normalized spacial score (nSPS) is 16.7. The van der Waals surface area contributed by atoms with Crippen LogP contribution in [0, 0.1) is 0 Å². The minimum Gasteiger partial charge on any atom is -0.372 e. The van der Waals surface area contributed by atoms with E-state index in [2.05, 4.69) is 29.2 Å². The molecule has 4 N–H and O–H groups in total. The first-order valence-corrected chi connectivity index (χ1v) is 6.12. The van der Waals surface area contributed by atoms with E-state index in [0.29, 0.717) is 6.54 Å². The summed E-state index contributed by atoms with van der Waals surface area (Å²) in [6.45, 7) is 3.03. The number of halogens is 1. The molecule has 1 aliphatic rings. The first-order chi connectivity index (χ1) is 7.81. The highest BCUT2D eigenvalue weighted by Crippen LogP contribution is 2.22. The van der Waals surface area contributed by atoms with E-state index in [4.69, 9.17) is 11.5 Å². The van der Waals surface area contributed by atoms with Gasteiger partial charge in [0.2, 0.25) is 0 Å². The number of nitrogens with zero attached hydrogens (tertiary/aromatic N) is 1. The molecule has 1 aromatic rings. The summed E-state index contributed by atoms with van der Waals surface area (Å²) < 4.78 is 0. The fraction of sp³-hybridized carbons (Fsp3) is 0.538. The van der Waals surface area contributed by atoms with Crippen molar-refractivity contribution in [3.8, 4) is 0 Å². The van der Waals surface area contributed by atoms with Gasteiger partial charge in [-0.25, -0.2) is 0 Å². The highest BCUT2D eigenvalue weighted by molar-refractivity contribution is 5.85. The Morgan fingerprint density at radius 3 is 2.24 bits per heavy atom. The van der Waals surface area contributed by atoms with Gasteiger partial charge in [0.05, 0.1) is 0 Å². The molecule has 1 aromatic carbocycles. The molecule has 1 saturated heterocycles. The molecule has 2 rings (SSSR count). The summed E-state index contributed by atoms with van der Waals surface area (Å²) in [6, 6.07) is 8.70. The van der Waals surface area contributed by atoms with E-state index in [1.54, 1.807) is 0 Å². The molecule has 0 unspecified atom stereocenters. The number of hydrogen-bond acceptors (Lipinski definition) is 3. The second-order valence-corrected chi connectivity index (χ2v) is 4.47. The molecule has 17 heavy (non-hydrogen) atoms. The van der Waals surface area contributed by atoms with Crippen molar-refractivity contribution < 1.29 is 0 Å². The summed E-state index contributed by atoms with van der Waals surface area (Å²) in [5.41, 5.74) is 14.0. The lowest BCUT2D eigenvalue weighted by atomic mass is 10.0. The lowest BCUT2D eigenvalue weighted by Crippen LogP contribution is -2.18. The van der Waals surface area contributed by atoms with Crippen LogP contribution in [-0.2, 0) is 0 Å². The van der Waals surface area contributed by atoms with E-state index in [1.807, 2.05) is 0 Å². The molecule has 0 saturated carbocycles. The highest BCUT2D eigenvalue weighted by Gasteiger charge is 2.12. The predicted molar refractivity (Wildman–Crippen MR) is 75.7 cm³/mol. The molecule has 0 bridgehead atoms. The van der Waals surface area contributed by atoms with Crippen molar-refractivity contribution in [3.05, 3.63) is 29.8 Å². The Morgan fingerprint density at radius 1 is 1.12 bits per heavy atom. The molecule has 1 aliphatic heterocycles. The van der Waals surface area contributed by atoms with Crippen molar-refractivity contribution in [2.45, 2.75) is 25.3 Å². The first kappa shape index (κ1) is 14.3. The molecule has 1 fully saturated rings. The van der Waals surface area contributed by atoms with Crippen molar-refractivity contribution >= 4 is 18.1 Å². The Morgan fingerprint density at radius 2 is 1.71 bits per heavy atom. The van der Waals surface area contributed by atoms with Gasteiger partial charge in [0.25, 0.3) is 0 Å². The van der Waals surface area contributed by atoms with Crippen molar-refractivity contribution in [2.75, 3.05) is 24.5 Å². The van der Waals surface area contributed by atoms with Crippen LogP contribution in [0.5, 0.6) is 0 Å². The van der Waals surface area contributed by atoms with E-state index in [-0.39, 0.29) is 18.4 Å².